The smallest absolute Gasteiger partial charge is 0.329 e. The molecule has 0 aromatic heterocycles. The van der Waals surface area contributed by atoms with Crippen molar-refractivity contribution in [3.8, 4) is 0 Å². The molecule has 0 bridgehead atoms. The Kier molecular flexibility index (Phi) is 23.3. The number of hydrogen-bond donors (Lipinski definition) is 3. The number of carbonyl (C=O) groups excluding carboxylic acids is 6. The molecule has 14 heteroatoms. The first-order valence-corrected chi connectivity index (χ1v) is 23.7. The van der Waals surface area contributed by atoms with Crippen LogP contribution in [0.4, 0.5) is 0 Å². The zero-order valence-corrected chi connectivity index (χ0v) is 40.6. The van der Waals surface area contributed by atoms with E-state index in [1.54, 1.807) is 48.0 Å². The van der Waals surface area contributed by atoms with Gasteiger partial charge >= 0.3 is 5.97 Å². The molecule has 1 saturated carbocycles. The molecular formula is C51H79NO13. The van der Waals surface area contributed by atoms with Crippen LogP contribution in [-0.4, -0.2) is 132 Å². The van der Waals surface area contributed by atoms with Crippen LogP contribution in [0.3, 0.4) is 0 Å². The average Bonchev–Trinajstić information content (AvgIpc) is 3.28. The van der Waals surface area contributed by atoms with Crippen LogP contribution in [0.1, 0.15) is 126 Å². The first-order chi connectivity index (χ1) is 30.7. The van der Waals surface area contributed by atoms with Gasteiger partial charge in [-0.3, -0.25) is 24.0 Å². The second kappa shape index (κ2) is 27.2. The SMILES string of the molecule is CO[C@H]1C[C@@H](O)CC[C@@H](C)C(=O)C(=O)C(=O)N2CCCCC2C(=O)O[C@H]([C@H](C)C[C@@H]2CC[C@@H](O)[C@H](OC)C2)CC(=O)[C@H](C)/C=C(\C)[C@@H](O)[C@@H](OC)C(=O)[C@H](C)C[C@H](C)/C=C/C=C/C=C/1C. The van der Waals surface area contributed by atoms with Gasteiger partial charge in [-0.15, -0.1) is 0 Å². The molecule has 2 heterocycles. The van der Waals surface area contributed by atoms with E-state index in [-0.39, 0.29) is 74.1 Å². The normalized spacial score (nSPS) is 37.7. The summed E-state index contributed by atoms with van der Waals surface area (Å²) in [7, 11) is 4.47. The third-order valence-corrected chi connectivity index (χ3v) is 13.8. The standard InChI is InChI=1S/C51H79NO13/c1-30-16-12-11-13-17-31(2)42(62-8)28-38(53)21-19-32(3)45(56)48(59)50(60)52-23-15-14-18-39(52)51(61)65-43(34(5)26-37-20-22-40(54)44(27-37)63-9)29-41(55)33(4)25-36(7)47(58)49(64-10)46(57)35(6)24-30/h11-13,16-17,25,30,32-35,37-40,42-44,47,49,53-54,58H,14-15,18-24,26-29H2,1-10H3/b13-11+,16-12+,31-17+,36-25+/t30-,32-,33-,34-,35-,37+,38+,39?,40-,42+,43+,44-,47-,49+/m1/s1. The summed E-state index contributed by atoms with van der Waals surface area (Å²) in [4.78, 5) is 83.7. The number of ketones is 4. The molecule has 0 radical (unpaired) electrons. The molecule has 1 saturated heterocycles. The number of Topliss-reactive ketones (excluding diaryl/α,β-unsaturated/α-hetero) is 4. The first kappa shape index (κ1) is 55.7. The summed E-state index contributed by atoms with van der Waals surface area (Å²) in [6.45, 7) is 12.5. The highest BCUT2D eigenvalue weighted by atomic mass is 16.5. The number of carbonyl (C=O) groups is 6. The molecule has 0 spiro atoms. The molecular weight excluding hydrogens is 835 g/mol. The van der Waals surface area contributed by atoms with Gasteiger partial charge in [0.25, 0.3) is 11.7 Å². The van der Waals surface area contributed by atoms with Crippen molar-refractivity contribution in [2.45, 2.75) is 174 Å². The monoisotopic (exact) mass is 914 g/mol. The fourth-order valence-corrected chi connectivity index (χ4v) is 9.49. The molecule has 1 aliphatic carbocycles. The number of methoxy groups -OCH3 is 3. The molecule has 2 aliphatic heterocycles. The van der Waals surface area contributed by atoms with Crippen LogP contribution < -0.4 is 0 Å². The molecule has 14 atom stereocenters. The van der Waals surface area contributed by atoms with E-state index in [1.807, 2.05) is 51.2 Å². The van der Waals surface area contributed by atoms with Crippen molar-refractivity contribution in [1.82, 2.24) is 4.90 Å². The van der Waals surface area contributed by atoms with Gasteiger partial charge in [0, 0.05) is 58.5 Å². The quantitative estimate of drug-likeness (QED) is 0.159. The van der Waals surface area contributed by atoms with Crippen LogP contribution in [0.15, 0.2) is 47.6 Å². The molecule has 1 amide bonds. The van der Waals surface area contributed by atoms with E-state index in [4.69, 9.17) is 18.9 Å². The van der Waals surface area contributed by atoms with Crippen molar-refractivity contribution in [1.29, 1.82) is 0 Å². The Morgan fingerprint density at radius 3 is 2.15 bits per heavy atom. The highest BCUT2D eigenvalue weighted by molar-refractivity contribution is 6.63. The third-order valence-electron chi connectivity index (χ3n) is 13.8. The minimum Gasteiger partial charge on any atom is -0.460 e. The van der Waals surface area contributed by atoms with Crippen LogP contribution in [0.25, 0.3) is 0 Å². The van der Waals surface area contributed by atoms with Crippen LogP contribution >= 0.6 is 0 Å². The van der Waals surface area contributed by atoms with Gasteiger partial charge < -0.3 is 39.2 Å². The lowest BCUT2D eigenvalue weighted by Crippen LogP contribution is -2.53. The highest BCUT2D eigenvalue weighted by Crippen LogP contribution is 2.34. The summed E-state index contributed by atoms with van der Waals surface area (Å²) in [6, 6.07) is -1.15. The number of amides is 1. The number of cyclic esters (lactones) is 1. The van der Waals surface area contributed by atoms with Gasteiger partial charge in [0.1, 0.15) is 30.1 Å². The van der Waals surface area contributed by atoms with Gasteiger partial charge in [-0.25, -0.2) is 4.79 Å². The minimum absolute atomic E-state index is 0.0125. The summed E-state index contributed by atoms with van der Waals surface area (Å²) in [6.07, 6.45) is 9.93. The maximum atomic E-state index is 14.2. The molecule has 0 aromatic carbocycles. The number of nitrogens with zero attached hydrogens (tertiary/aromatic N) is 1. The summed E-state index contributed by atoms with van der Waals surface area (Å²) in [5.74, 6) is -6.85. The van der Waals surface area contributed by atoms with Gasteiger partial charge in [0.2, 0.25) is 5.78 Å². The van der Waals surface area contributed by atoms with Crippen molar-refractivity contribution in [3.63, 3.8) is 0 Å². The molecule has 3 N–H and O–H groups in total. The summed E-state index contributed by atoms with van der Waals surface area (Å²) in [5, 5.41) is 32.8. The molecule has 366 valence electrons. The molecule has 3 rings (SSSR count). The number of ether oxygens (including phenoxy) is 4. The maximum absolute atomic E-state index is 14.2. The lowest BCUT2D eigenvalue weighted by molar-refractivity contribution is -0.166. The van der Waals surface area contributed by atoms with Gasteiger partial charge in [-0.2, -0.15) is 0 Å². The number of allylic oxidation sites excluding steroid dienone is 6. The second-order valence-corrected chi connectivity index (χ2v) is 19.2. The molecule has 14 nitrogen and oxygen atoms in total. The lowest BCUT2D eigenvalue weighted by atomic mass is 9.78. The summed E-state index contributed by atoms with van der Waals surface area (Å²) >= 11 is 0. The Balaban J connectivity index is 1.98. The van der Waals surface area contributed by atoms with Gasteiger partial charge in [-0.1, -0.05) is 71.1 Å². The summed E-state index contributed by atoms with van der Waals surface area (Å²) < 4.78 is 22.9. The minimum atomic E-state index is -1.33. The Labute approximate surface area is 387 Å². The van der Waals surface area contributed by atoms with E-state index in [1.165, 1.54) is 7.11 Å². The Hall–Kier alpha value is -3.66. The Morgan fingerprint density at radius 2 is 1.49 bits per heavy atom. The van der Waals surface area contributed by atoms with Crippen molar-refractivity contribution in [2.75, 3.05) is 27.9 Å². The number of aliphatic hydroxyl groups excluding tert-OH is 3. The fraction of sp³-hybridized carbons (Fsp3) is 0.725. The zero-order valence-electron chi connectivity index (χ0n) is 40.6. The molecule has 65 heavy (non-hydrogen) atoms. The average molecular weight is 914 g/mol. The van der Waals surface area contributed by atoms with Crippen LogP contribution in [0.5, 0.6) is 0 Å². The van der Waals surface area contributed by atoms with E-state index in [2.05, 4.69) is 0 Å². The van der Waals surface area contributed by atoms with E-state index in [0.717, 1.165) is 10.5 Å². The number of rotatable bonds is 6. The number of piperidine rings is 1. The number of aliphatic hydroxyl groups is 3. The van der Waals surface area contributed by atoms with Crippen molar-refractivity contribution in [3.05, 3.63) is 47.6 Å². The second-order valence-electron chi connectivity index (χ2n) is 19.2. The zero-order chi connectivity index (χ0) is 48.5. The van der Waals surface area contributed by atoms with Crippen molar-refractivity contribution >= 4 is 35.0 Å². The Morgan fingerprint density at radius 1 is 0.785 bits per heavy atom. The van der Waals surface area contributed by atoms with Crippen molar-refractivity contribution in [2.24, 2.45) is 35.5 Å². The number of hydrogen-bond acceptors (Lipinski definition) is 13. The van der Waals surface area contributed by atoms with E-state index in [9.17, 15) is 44.1 Å². The lowest BCUT2D eigenvalue weighted by Gasteiger charge is -2.37. The first-order valence-electron chi connectivity index (χ1n) is 23.7. The summed E-state index contributed by atoms with van der Waals surface area (Å²) in [5.41, 5.74) is 1.23. The van der Waals surface area contributed by atoms with Gasteiger partial charge in [0.05, 0.1) is 24.4 Å². The van der Waals surface area contributed by atoms with Gasteiger partial charge in [0.15, 0.2) is 5.78 Å². The van der Waals surface area contributed by atoms with E-state index in [0.29, 0.717) is 50.5 Å². The topological polar surface area (TPSA) is 203 Å². The third kappa shape index (κ3) is 16.6. The number of fused-ring (bicyclic) bond motifs is 1. The number of esters is 1. The fourth-order valence-electron chi connectivity index (χ4n) is 9.49. The van der Waals surface area contributed by atoms with E-state index >= 15 is 0 Å². The molecule has 0 aromatic rings. The predicted octanol–water partition coefficient (Wildman–Crippen LogP) is 6.02. The highest BCUT2D eigenvalue weighted by Gasteiger charge is 2.41. The maximum Gasteiger partial charge on any atom is 0.329 e. The molecule has 1 unspecified atom stereocenters. The largest absolute Gasteiger partial charge is 0.460 e. The van der Waals surface area contributed by atoms with Crippen molar-refractivity contribution < 1.29 is 63.0 Å². The predicted molar refractivity (Wildman–Crippen MR) is 246 cm³/mol. The van der Waals surface area contributed by atoms with Crippen LogP contribution in [-0.2, 0) is 47.7 Å². The van der Waals surface area contributed by atoms with E-state index < -0.39 is 83.9 Å². The van der Waals surface area contributed by atoms with Crippen LogP contribution in [0, 0.1) is 35.5 Å². The molecule has 2 fully saturated rings. The van der Waals surface area contributed by atoms with Gasteiger partial charge in [-0.05, 0) is 107 Å². The van der Waals surface area contributed by atoms with Crippen LogP contribution in [0.2, 0.25) is 0 Å². The Bertz CT molecular complexity index is 1730. The molecule has 3 aliphatic rings.